The van der Waals surface area contributed by atoms with E-state index in [0.29, 0.717) is 26.2 Å². The Morgan fingerprint density at radius 1 is 1.09 bits per heavy atom. The lowest BCUT2D eigenvalue weighted by molar-refractivity contribution is -0.182. The molecular formula is C13H27N3O5S. The summed E-state index contributed by atoms with van der Waals surface area (Å²) >= 11 is 0. The Morgan fingerprint density at radius 2 is 1.68 bits per heavy atom. The fourth-order valence-electron chi connectivity index (χ4n) is 3.04. The minimum absolute atomic E-state index is 0.0228. The molecule has 0 saturated carbocycles. The molecule has 1 N–H and O–H groups in total. The molecule has 22 heavy (non-hydrogen) atoms. The first-order valence-electron chi connectivity index (χ1n) is 7.88. The van der Waals surface area contributed by atoms with Gasteiger partial charge in [-0.05, 0) is 13.3 Å². The number of hydroxylamine groups is 2. The summed E-state index contributed by atoms with van der Waals surface area (Å²) in [7, 11) is -3.94. The number of hydrogen-bond donors (Lipinski definition) is 1. The van der Waals surface area contributed by atoms with Crippen molar-refractivity contribution in [2.24, 2.45) is 0 Å². The molecule has 8 nitrogen and oxygen atoms in total. The zero-order valence-corrected chi connectivity index (χ0v) is 14.0. The maximum atomic E-state index is 11.1. The van der Waals surface area contributed by atoms with Crippen LogP contribution in [0.4, 0.5) is 0 Å². The zero-order chi connectivity index (χ0) is 16.0. The van der Waals surface area contributed by atoms with E-state index in [4.69, 9.17) is 14.1 Å². The molecule has 9 heteroatoms. The highest BCUT2D eigenvalue weighted by molar-refractivity contribution is 7.85. The van der Waals surface area contributed by atoms with E-state index in [1.54, 1.807) is 0 Å². The maximum Gasteiger partial charge on any atom is 0.264 e. The lowest BCUT2D eigenvalue weighted by atomic mass is 10.2. The highest BCUT2D eigenvalue weighted by Gasteiger charge is 2.30. The molecule has 0 amide bonds. The Balaban J connectivity index is 1.94. The molecule has 2 heterocycles. The first kappa shape index (κ1) is 18.1. The summed E-state index contributed by atoms with van der Waals surface area (Å²) in [6, 6.07) is 0. The maximum absolute atomic E-state index is 11.1. The van der Waals surface area contributed by atoms with Gasteiger partial charge in [0.05, 0.1) is 31.7 Å². The lowest BCUT2D eigenvalue weighted by Gasteiger charge is -2.44. The predicted molar refractivity (Wildman–Crippen MR) is 82.0 cm³/mol. The van der Waals surface area contributed by atoms with Crippen molar-refractivity contribution in [2.75, 3.05) is 64.8 Å². The molecule has 2 aliphatic heterocycles. The summed E-state index contributed by atoms with van der Waals surface area (Å²) in [5.41, 5.74) is 0. The van der Waals surface area contributed by atoms with Crippen LogP contribution in [0.3, 0.4) is 0 Å². The van der Waals surface area contributed by atoms with Gasteiger partial charge >= 0.3 is 0 Å². The third-order valence-electron chi connectivity index (χ3n) is 4.11. The minimum atomic E-state index is -3.94. The second kappa shape index (κ2) is 8.53. The van der Waals surface area contributed by atoms with Crippen LogP contribution < -0.4 is 0 Å². The van der Waals surface area contributed by atoms with E-state index < -0.39 is 10.1 Å². The van der Waals surface area contributed by atoms with Crippen molar-refractivity contribution >= 4 is 10.1 Å². The summed E-state index contributed by atoms with van der Waals surface area (Å²) in [4.78, 5) is 10.0. The van der Waals surface area contributed by atoms with Crippen molar-refractivity contribution in [1.82, 2.24) is 14.9 Å². The van der Waals surface area contributed by atoms with Gasteiger partial charge in [-0.1, -0.05) is 0 Å². The second-order valence-electron chi connectivity index (χ2n) is 5.59. The standard InChI is InChI=1S/C13H27N3O5S/c1-2-21-16-6-4-14(5-7-16)13(3-12-22(17,18)19)15-8-10-20-11-9-15/h13H,2-12H2,1H3,(H,17,18,19). The van der Waals surface area contributed by atoms with Gasteiger partial charge in [-0.3, -0.25) is 19.2 Å². The van der Waals surface area contributed by atoms with Gasteiger partial charge < -0.3 is 4.74 Å². The fourth-order valence-corrected chi connectivity index (χ4v) is 3.55. The van der Waals surface area contributed by atoms with E-state index in [0.717, 1.165) is 39.3 Å². The number of nitrogens with zero attached hydrogens (tertiary/aromatic N) is 3. The largest absolute Gasteiger partial charge is 0.379 e. The molecule has 0 bridgehead atoms. The van der Waals surface area contributed by atoms with Crippen molar-refractivity contribution in [3.63, 3.8) is 0 Å². The normalized spacial score (nSPS) is 24.5. The molecule has 0 aliphatic carbocycles. The molecule has 0 spiro atoms. The van der Waals surface area contributed by atoms with Gasteiger partial charge in [-0.2, -0.15) is 13.5 Å². The van der Waals surface area contributed by atoms with Crippen LogP contribution in [0, 0.1) is 0 Å². The van der Waals surface area contributed by atoms with Crippen molar-refractivity contribution < 1.29 is 22.5 Å². The molecule has 1 atom stereocenters. The van der Waals surface area contributed by atoms with Crippen molar-refractivity contribution in [1.29, 1.82) is 0 Å². The third-order valence-corrected chi connectivity index (χ3v) is 4.86. The third kappa shape index (κ3) is 5.73. The molecular weight excluding hydrogens is 310 g/mol. The molecule has 1 unspecified atom stereocenters. The first-order chi connectivity index (χ1) is 10.5. The number of hydrogen-bond acceptors (Lipinski definition) is 7. The van der Waals surface area contributed by atoms with Crippen LogP contribution in [-0.4, -0.2) is 98.8 Å². The molecule has 0 radical (unpaired) electrons. The average Bonchev–Trinajstić information content (AvgIpc) is 2.49. The monoisotopic (exact) mass is 337 g/mol. The highest BCUT2D eigenvalue weighted by Crippen LogP contribution is 2.16. The van der Waals surface area contributed by atoms with Crippen LogP contribution in [0.5, 0.6) is 0 Å². The van der Waals surface area contributed by atoms with Crippen LogP contribution in [-0.2, 0) is 19.7 Å². The Hall–Kier alpha value is -0.290. The van der Waals surface area contributed by atoms with Gasteiger partial charge in [0.2, 0.25) is 0 Å². The average molecular weight is 337 g/mol. The van der Waals surface area contributed by atoms with Gasteiger partial charge in [-0.15, -0.1) is 0 Å². The molecule has 2 fully saturated rings. The molecule has 0 aromatic heterocycles. The van der Waals surface area contributed by atoms with E-state index in [-0.39, 0.29) is 11.9 Å². The van der Waals surface area contributed by atoms with Gasteiger partial charge in [0.25, 0.3) is 10.1 Å². The second-order valence-corrected chi connectivity index (χ2v) is 7.16. The summed E-state index contributed by atoms with van der Waals surface area (Å²) < 4.78 is 36.6. The van der Waals surface area contributed by atoms with E-state index in [1.807, 2.05) is 12.0 Å². The van der Waals surface area contributed by atoms with Crippen LogP contribution in [0.15, 0.2) is 0 Å². The Morgan fingerprint density at radius 3 is 2.23 bits per heavy atom. The molecule has 0 aromatic carbocycles. The Bertz CT molecular complexity index is 419. The summed E-state index contributed by atoms with van der Waals surface area (Å²) in [6.45, 7) is 8.82. The SMILES string of the molecule is CCON1CCN(C(CCS(=O)(=O)O)N2CCOCC2)CC1. The van der Waals surface area contributed by atoms with Gasteiger partial charge in [0, 0.05) is 39.3 Å². The van der Waals surface area contributed by atoms with E-state index in [9.17, 15) is 8.42 Å². The minimum Gasteiger partial charge on any atom is -0.379 e. The molecule has 2 aliphatic rings. The van der Waals surface area contributed by atoms with E-state index in [2.05, 4.69) is 9.80 Å². The van der Waals surface area contributed by atoms with Gasteiger partial charge in [-0.25, -0.2) is 0 Å². The van der Waals surface area contributed by atoms with Crippen LogP contribution in [0.25, 0.3) is 0 Å². The number of rotatable bonds is 7. The lowest BCUT2D eigenvalue weighted by Crippen LogP contribution is -2.58. The molecule has 2 saturated heterocycles. The first-order valence-corrected chi connectivity index (χ1v) is 9.49. The quantitative estimate of drug-likeness (QED) is 0.622. The van der Waals surface area contributed by atoms with Crippen LogP contribution in [0.2, 0.25) is 0 Å². The van der Waals surface area contributed by atoms with Crippen molar-refractivity contribution in [2.45, 2.75) is 19.5 Å². The van der Waals surface area contributed by atoms with Crippen molar-refractivity contribution in [3.8, 4) is 0 Å². The van der Waals surface area contributed by atoms with Crippen LogP contribution >= 0.6 is 0 Å². The molecule has 0 aromatic rings. The zero-order valence-electron chi connectivity index (χ0n) is 13.2. The van der Waals surface area contributed by atoms with Gasteiger partial charge in [0.15, 0.2) is 0 Å². The molecule has 130 valence electrons. The fraction of sp³-hybridized carbons (Fsp3) is 1.00. The molecule has 2 rings (SSSR count). The summed E-state index contributed by atoms with van der Waals surface area (Å²) in [5.74, 6) is -0.208. The number of ether oxygens (including phenoxy) is 1. The smallest absolute Gasteiger partial charge is 0.264 e. The highest BCUT2D eigenvalue weighted by atomic mass is 32.2. The van der Waals surface area contributed by atoms with Crippen molar-refractivity contribution in [3.05, 3.63) is 0 Å². The van der Waals surface area contributed by atoms with Gasteiger partial charge in [0.1, 0.15) is 0 Å². The number of morpholine rings is 1. The number of piperazine rings is 1. The van der Waals surface area contributed by atoms with E-state index >= 15 is 0 Å². The van der Waals surface area contributed by atoms with Crippen LogP contribution in [0.1, 0.15) is 13.3 Å². The predicted octanol–water partition coefficient (Wildman–Crippen LogP) is -0.508. The van der Waals surface area contributed by atoms with E-state index in [1.165, 1.54) is 0 Å². The Labute approximate surface area is 132 Å². The Kier molecular flexibility index (Phi) is 7.00. The summed E-state index contributed by atoms with van der Waals surface area (Å²) in [6.07, 6.45) is 0.433. The summed E-state index contributed by atoms with van der Waals surface area (Å²) in [5, 5.41) is 1.95. The topological polar surface area (TPSA) is 82.5 Å².